The molecule has 2 fully saturated rings. The Balaban J connectivity index is 1.78. The molecule has 2 unspecified atom stereocenters. The quantitative estimate of drug-likeness (QED) is 0.681. The minimum Gasteiger partial charge on any atom is -0.350 e. The molecule has 0 aliphatic carbocycles. The van der Waals surface area contributed by atoms with E-state index in [1.807, 2.05) is 0 Å². The highest BCUT2D eigenvalue weighted by atomic mass is 16.7. The zero-order chi connectivity index (χ0) is 10.7. The lowest BCUT2D eigenvalue weighted by Gasteiger charge is -2.31. The average molecular weight is 210 g/mol. The number of hydrogen-bond donors (Lipinski definition) is 0. The third-order valence-corrected chi connectivity index (χ3v) is 3.24. The van der Waals surface area contributed by atoms with Gasteiger partial charge in [0.25, 0.3) is 0 Å². The first-order valence-electron chi connectivity index (χ1n) is 5.62. The maximum Gasteiger partial charge on any atom is 0.161 e. The van der Waals surface area contributed by atoms with Gasteiger partial charge in [0.05, 0.1) is 25.2 Å². The van der Waals surface area contributed by atoms with Crippen LogP contribution in [0.25, 0.3) is 0 Å². The van der Waals surface area contributed by atoms with Gasteiger partial charge >= 0.3 is 0 Å². The summed E-state index contributed by atoms with van der Waals surface area (Å²) in [5, 5.41) is 8.57. The van der Waals surface area contributed by atoms with Crippen LogP contribution >= 0.6 is 0 Å². The predicted octanol–water partition coefficient (Wildman–Crippen LogP) is 0.983. The summed E-state index contributed by atoms with van der Waals surface area (Å²) in [4.78, 5) is 2.33. The first-order valence-corrected chi connectivity index (χ1v) is 5.62. The van der Waals surface area contributed by atoms with Gasteiger partial charge in [-0.15, -0.1) is 0 Å². The molecule has 2 heterocycles. The molecule has 2 aliphatic heterocycles. The Morgan fingerprint density at radius 3 is 2.80 bits per heavy atom. The highest BCUT2D eigenvalue weighted by Gasteiger charge is 2.33. The summed E-state index contributed by atoms with van der Waals surface area (Å²) in [6, 6.07) is 2.13. The number of piperidine rings is 1. The van der Waals surface area contributed by atoms with Crippen LogP contribution in [0.2, 0.25) is 0 Å². The Bertz CT molecular complexity index is 243. The molecule has 4 heteroatoms. The van der Waals surface area contributed by atoms with Crippen molar-refractivity contribution >= 4 is 0 Å². The molecule has 0 aromatic rings. The molecule has 4 nitrogen and oxygen atoms in total. The maximum atomic E-state index is 8.57. The van der Waals surface area contributed by atoms with Crippen LogP contribution in [-0.4, -0.2) is 44.0 Å². The predicted molar refractivity (Wildman–Crippen MR) is 55.1 cm³/mol. The van der Waals surface area contributed by atoms with Crippen molar-refractivity contribution in [2.75, 3.05) is 26.7 Å². The van der Waals surface area contributed by atoms with E-state index in [2.05, 4.69) is 18.0 Å². The molecule has 15 heavy (non-hydrogen) atoms. The Morgan fingerprint density at radius 2 is 2.13 bits per heavy atom. The number of likely N-dealkylation sites (tertiary alicyclic amines) is 1. The highest BCUT2D eigenvalue weighted by molar-refractivity contribution is 4.82. The van der Waals surface area contributed by atoms with Gasteiger partial charge in [0.15, 0.2) is 6.29 Å². The third-order valence-electron chi connectivity index (χ3n) is 3.24. The zero-order valence-corrected chi connectivity index (χ0v) is 9.19. The van der Waals surface area contributed by atoms with Gasteiger partial charge in [0.1, 0.15) is 0 Å². The monoisotopic (exact) mass is 210 g/mol. The smallest absolute Gasteiger partial charge is 0.161 e. The first-order chi connectivity index (χ1) is 7.29. The Kier molecular flexibility index (Phi) is 3.57. The third kappa shape index (κ3) is 2.69. The summed E-state index contributed by atoms with van der Waals surface area (Å²) in [5.74, 6) is 0.518. The van der Waals surface area contributed by atoms with E-state index in [1.54, 1.807) is 0 Å². The minimum atomic E-state index is -0.0583. The van der Waals surface area contributed by atoms with Crippen molar-refractivity contribution in [1.29, 1.82) is 5.26 Å². The number of nitrogens with zero attached hydrogens (tertiary/aromatic N) is 2. The van der Waals surface area contributed by atoms with Gasteiger partial charge in [-0.1, -0.05) is 0 Å². The second-order valence-corrected chi connectivity index (χ2v) is 4.46. The van der Waals surface area contributed by atoms with Crippen LogP contribution in [0.15, 0.2) is 0 Å². The summed E-state index contributed by atoms with van der Waals surface area (Å²) in [7, 11) is 2.14. The lowest BCUT2D eigenvalue weighted by molar-refractivity contribution is -0.107. The fourth-order valence-electron chi connectivity index (χ4n) is 2.23. The molecule has 0 radical (unpaired) electrons. The summed E-state index contributed by atoms with van der Waals surface area (Å²) < 4.78 is 11.3. The van der Waals surface area contributed by atoms with Crippen molar-refractivity contribution in [2.45, 2.75) is 31.7 Å². The Morgan fingerprint density at radius 1 is 1.40 bits per heavy atom. The van der Waals surface area contributed by atoms with Gasteiger partial charge in [0, 0.05) is 5.92 Å². The average Bonchev–Trinajstić information content (AvgIpc) is 2.68. The molecule has 0 amide bonds. The van der Waals surface area contributed by atoms with Gasteiger partial charge < -0.3 is 14.4 Å². The van der Waals surface area contributed by atoms with Crippen LogP contribution in [0, 0.1) is 17.2 Å². The van der Waals surface area contributed by atoms with Crippen LogP contribution in [0.3, 0.4) is 0 Å². The molecule has 2 aliphatic rings. The summed E-state index contributed by atoms with van der Waals surface area (Å²) in [6.45, 7) is 2.83. The molecule has 0 spiro atoms. The molecule has 0 saturated carbocycles. The van der Waals surface area contributed by atoms with Gasteiger partial charge in [-0.25, -0.2) is 0 Å². The van der Waals surface area contributed by atoms with Crippen molar-refractivity contribution in [3.8, 4) is 6.07 Å². The van der Waals surface area contributed by atoms with Crippen molar-refractivity contribution < 1.29 is 9.47 Å². The van der Waals surface area contributed by atoms with E-state index in [0.717, 1.165) is 25.9 Å². The van der Waals surface area contributed by atoms with E-state index >= 15 is 0 Å². The van der Waals surface area contributed by atoms with Gasteiger partial charge in [-0.05, 0) is 33.0 Å². The van der Waals surface area contributed by atoms with E-state index in [-0.39, 0.29) is 12.4 Å². The van der Waals surface area contributed by atoms with Gasteiger partial charge in [-0.3, -0.25) is 0 Å². The number of ether oxygens (including phenoxy) is 2. The molecular formula is C11H18N2O2. The largest absolute Gasteiger partial charge is 0.350 e. The van der Waals surface area contributed by atoms with Crippen LogP contribution in [0.4, 0.5) is 0 Å². The standard InChI is InChI=1S/C11H18N2O2/c1-13-6-3-9(4-7-13)11-14-8-10(15-11)2-5-12/h9-11H,2-4,6-8H2,1H3. The molecule has 2 rings (SSSR count). The summed E-state index contributed by atoms with van der Waals surface area (Å²) >= 11 is 0. The molecule has 0 aromatic heterocycles. The molecule has 0 bridgehead atoms. The van der Waals surface area contributed by atoms with Crippen molar-refractivity contribution in [3.05, 3.63) is 0 Å². The van der Waals surface area contributed by atoms with Crippen molar-refractivity contribution in [2.24, 2.45) is 5.92 Å². The van der Waals surface area contributed by atoms with Gasteiger partial charge in [-0.2, -0.15) is 5.26 Å². The lowest BCUT2D eigenvalue weighted by Crippen LogP contribution is -2.36. The zero-order valence-electron chi connectivity index (χ0n) is 9.19. The second kappa shape index (κ2) is 4.93. The van der Waals surface area contributed by atoms with Crippen LogP contribution in [0.5, 0.6) is 0 Å². The maximum absolute atomic E-state index is 8.57. The van der Waals surface area contributed by atoms with E-state index in [4.69, 9.17) is 14.7 Å². The van der Waals surface area contributed by atoms with Crippen LogP contribution in [0.1, 0.15) is 19.3 Å². The van der Waals surface area contributed by atoms with Crippen molar-refractivity contribution in [1.82, 2.24) is 4.90 Å². The highest BCUT2D eigenvalue weighted by Crippen LogP contribution is 2.27. The molecular weight excluding hydrogens is 192 g/mol. The van der Waals surface area contributed by atoms with Crippen molar-refractivity contribution in [3.63, 3.8) is 0 Å². The SMILES string of the molecule is CN1CCC(C2OCC(CC#N)O2)CC1. The summed E-state index contributed by atoms with van der Waals surface area (Å²) in [6.07, 6.45) is 2.67. The molecule has 0 N–H and O–H groups in total. The fraction of sp³-hybridized carbons (Fsp3) is 0.909. The molecule has 2 saturated heterocycles. The number of rotatable bonds is 2. The van der Waals surface area contributed by atoms with Gasteiger partial charge in [0.2, 0.25) is 0 Å². The molecule has 2 atom stereocenters. The molecule has 84 valence electrons. The lowest BCUT2D eigenvalue weighted by atomic mass is 9.97. The minimum absolute atomic E-state index is 0.000318. The fourth-order valence-corrected chi connectivity index (χ4v) is 2.23. The summed E-state index contributed by atoms with van der Waals surface area (Å²) in [5.41, 5.74) is 0. The topological polar surface area (TPSA) is 45.5 Å². The second-order valence-electron chi connectivity index (χ2n) is 4.46. The Hall–Kier alpha value is -0.630. The number of hydrogen-bond acceptors (Lipinski definition) is 4. The van der Waals surface area contributed by atoms with E-state index in [0.29, 0.717) is 18.9 Å². The van der Waals surface area contributed by atoms with Crippen LogP contribution in [-0.2, 0) is 9.47 Å². The Labute approximate surface area is 90.8 Å². The van der Waals surface area contributed by atoms with Crippen LogP contribution < -0.4 is 0 Å². The van der Waals surface area contributed by atoms with E-state index in [9.17, 15) is 0 Å². The van der Waals surface area contributed by atoms with E-state index in [1.165, 1.54) is 0 Å². The van der Waals surface area contributed by atoms with E-state index < -0.39 is 0 Å². The first kappa shape index (κ1) is 10.9. The number of nitriles is 1. The normalized spacial score (nSPS) is 34.1. The molecule has 0 aromatic carbocycles.